The number of rotatable bonds is 2. The summed E-state index contributed by atoms with van der Waals surface area (Å²) in [5.74, 6) is 0.197. The second kappa shape index (κ2) is 4.45. The number of aromatic nitrogens is 3. The first-order valence-corrected chi connectivity index (χ1v) is 4.88. The van der Waals surface area contributed by atoms with Crippen LogP contribution in [0.2, 0.25) is 0 Å². The van der Waals surface area contributed by atoms with Gasteiger partial charge in [0.15, 0.2) is 0 Å². The number of anilines is 1. The Labute approximate surface area is 97.3 Å². The number of amides is 1. The molecule has 0 atom stereocenters. The lowest BCUT2D eigenvalue weighted by Gasteiger charge is -2.02. The van der Waals surface area contributed by atoms with Gasteiger partial charge in [-0.2, -0.15) is 10.4 Å². The molecule has 0 saturated carbocycles. The van der Waals surface area contributed by atoms with E-state index in [4.69, 9.17) is 5.26 Å². The molecule has 0 aliphatic heterocycles. The monoisotopic (exact) mass is 227 g/mol. The minimum Gasteiger partial charge on any atom is -0.305 e. The van der Waals surface area contributed by atoms with Crippen molar-refractivity contribution < 1.29 is 4.79 Å². The lowest BCUT2D eigenvalue weighted by molar-refractivity contribution is 0.102. The number of carbonyl (C=O) groups excluding carboxylic acids is 1. The summed E-state index contributed by atoms with van der Waals surface area (Å²) in [5.41, 5.74) is 1.50. The molecule has 17 heavy (non-hydrogen) atoms. The van der Waals surface area contributed by atoms with Crippen molar-refractivity contribution in [3.63, 3.8) is 0 Å². The van der Waals surface area contributed by atoms with E-state index in [1.165, 1.54) is 12.3 Å². The number of pyridine rings is 1. The minimum absolute atomic E-state index is 0.248. The van der Waals surface area contributed by atoms with Crippen LogP contribution in [0.3, 0.4) is 0 Å². The van der Waals surface area contributed by atoms with Crippen molar-refractivity contribution in [2.45, 2.75) is 6.92 Å². The van der Waals surface area contributed by atoms with Gasteiger partial charge in [0, 0.05) is 11.8 Å². The summed E-state index contributed by atoms with van der Waals surface area (Å²) in [6, 6.07) is 4.98. The van der Waals surface area contributed by atoms with Crippen LogP contribution in [0.4, 0.5) is 5.82 Å². The summed E-state index contributed by atoms with van der Waals surface area (Å²) in [4.78, 5) is 15.7. The standard InChI is InChI=1S/C11H9N5O/c1-7-5-14-16-10(7)15-11(17)9-3-2-8(4-12)6-13-9/h2-3,5-6H,1H3,(H2,14,15,16,17). The first-order valence-electron chi connectivity index (χ1n) is 4.88. The quantitative estimate of drug-likeness (QED) is 0.806. The average Bonchev–Trinajstić information content (AvgIpc) is 2.75. The van der Waals surface area contributed by atoms with Crippen molar-refractivity contribution in [1.29, 1.82) is 5.26 Å². The van der Waals surface area contributed by atoms with E-state index in [2.05, 4.69) is 20.5 Å². The van der Waals surface area contributed by atoms with Crippen molar-refractivity contribution >= 4 is 11.7 Å². The van der Waals surface area contributed by atoms with Gasteiger partial charge in [0.2, 0.25) is 0 Å². The molecule has 0 saturated heterocycles. The van der Waals surface area contributed by atoms with Gasteiger partial charge in [0.1, 0.15) is 17.6 Å². The third kappa shape index (κ3) is 2.29. The van der Waals surface area contributed by atoms with E-state index in [0.717, 1.165) is 5.56 Å². The van der Waals surface area contributed by atoms with Gasteiger partial charge >= 0.3 is 0 Å². The number of carbonyl (C=O) groups is 1. The Morgan fingerprint density at radius 2 is 2.29 bits per heavy atom. The number of aryl methyl sites for hydroxylation is 1. The number of nitrogens with one attached hydrogen (secondary N) is 2. The maximum absolute atomic E-state index is 11.8. The van der Waals surface area contributed by atoms with Crippen LogP contribution in [-0.2, 0) is 0 Å². The van der Waals surface area contributed by atoms with Crippen molar-refractivity contribution in [2.75, 3.05) is 5.32 Å². The molecule has 6 heteroatoms. The fraction of sp³-hybridized carbons (Fsp3) is 0.0909. The number of nitrogens with zero attached hydrogens (tertiary/aromatic N) is 3. The second-order valence-electron chi connectivity index (χ2n) is 3.43. The predicted octanol–water partition coefficient (Wildman–Crippen LogP) is 1.24. The highest BCUT2D eigenvalue weighted by atomic mass is 16.1. The Bertz CT molecular complexity index is 579. The molecule has 0 aliphatic rings. The van der Waals surface area contributed by atoms with Crippen LogP contribution in [0.15, 0.2) is 24.5 Å². The van der Waals surface area contributed by atoms with Gasteiger partial charge in [-0.1, -0.05) is 0 Å². The van der Waals surface area contributed by atoms with Crippen LogP contribution in [0.1, 0.15) is 21.6 Å². The number of nitriles is 1. The van der Waals surface area contributed by atoms with Gasteiger partial charge in [0.05, 0.1) is 11.8 Å². The summed E-state index contributed by atoms with van der Waals surface area (Å²) in [5, 5.41) is 17.7. The number of H-pyrrole nitrogens is 1. The van der Waals surface area contributed by atoms with E-state index < -0.39 is 0 Å². The topological polar surface area (TPSA) is 94.5 Å². The molecule has 2 N–H and O–H groups in total. The zero-order valence-electron chi connectivity index (χ0n) is 9.06. The average molecular weight is 227 g/mol. The number of hydrogen-bond donors (Lipinski definition) is 2. The normalized spacial score (nSPS) is 9.65. The molecular weight excluding hydrogens is 218 g/mol. The SMILES string of the molecule is Cc1cn[nH]c1NC(=O)c1ccc(C#N)cn1. The molecule has 0 aliphatic carbocycles. The minimum atomic E-state index is -0.346. The van der Waals surface area contributed by atoms with E-state index in [1.54, 1.807) is 12.3 Å². The van der Waals surface area contributed by atoms with Gasteiger partial charge in [-0.3, -0.25) is 9.89 Å². The molecule has 0 radical (unpaired) electrons. The van der Waals surface area contributed by atoms with Gasteiger partial charge in [0.25, 0.3) is 5.91 Å². The summed E-state index contributed by atoms with van der Waals surface area (Å²) < 4.78 is 0. The van der Waals surface area contributed by atoms with Crippen LogP contribution < -0.4 is 5.32 Å². The van der Waals surface area contributed by atoms with E-state index in [-0.39, 0.29) is 11.6 Å². The molecule has 0 bridgehead atoms. The second-order valence-corrected chi connectivity index (χ2v) is 3.43. The Balaban J connectivity index is 2.15. The Morgan fingerprint density at radius 3 is 2.82 bits per heavy atom. The highest BCUT2D eigenvalue weighted by Crippen LogP contribution is 2.10. The Hall–Kier alpha value is -2.68. The third-order valence-corrected chi connectivity index (χ3v) is 2.19. The highest BCUT2D eigenvalue weighted by molar-refractivity contribution is 6.02. The molecule has 2 aromatic heterocycles. The van der Waals surface area contributed by atoms with Crippen molar-refractivity contribution in [3.8, 4) is 6.07 Å². The van der Waals surface area contributed by atoms with Crippen molar-refractivity contribution in [2.24, 2.45) is 0 Å². The van der Waals surface area contributed by atoms with E-state index >= 15 is 0 Å². The first-order chi connectivity index (χ1) is 8.20. The first kappa shape index (κ1) is 10.8. The van der Waals surface area contributed by atoms with E-state index in [0.29, 0.717) is 11.4 Å². The van der Waals surface area contributed by atoms with Crippen LogP contribution in [0, 0.1) is 18.3 Å². The fourth-order valence-electron chi connectivity index (χ4n) is 1.24. The highest BCUT2D eigenvalue weighted by Gasteiger charge is 2.09. The van der Waals surface area contributed by atoms with Crippen LogP contribution in [-0.4, -0.2) is 21.1 Å². The molecule has 0 unspecified atom stereocenters. The van der Waals surface area contributed by atoms with Crippen molar-refractivity contribution in [1.82, 2.24) is 15.2 Å². The third-order valence-electron chi connectivity index (χ3n) is 2.19. The maximum Gasteiger partial charge on any atom is 0.275 e. The summed E-state index contributed by atoms with van der Waals surface area (Å²) >= 11 is 0. The predicted molar refractivity (Wildman–Crippen MR) is 60.2 cm³/mol. The molecule has 2 heterocycles. The molecule has 2 aromatic rings. The largest absolute Gasteiger partial charge is 0.305 e. The zero-order valence-corrected chi connectivity index (χ0v) is 9.06. The Kier molecular flexibility index (Phi) is 2.83. The van der Waals surface area contributed by atoms with E-state index in [9.17, 15) is 4.79 Å². The number of hydrogen-bond acceptors (Lipinski definition) is 4. The Morgan fingerprint density at radius 1 is 1.47 bits per heavy atom. The molecule has 0 aromatic carbocycles. The molecule has 0 fully saturated rings. The summed E-state index contributed by atoms with van der Waals surface area (Å²) in [6.07, 6.45) is 2.97. The van der Waals surface area contributed by atoms with Crippen LogP contribution in [0.25, 0.3) is 0 Å². The van der Waals surface area contributed by atoms with Gasteiger partial charge in [-0.15, -0.1) is 0 Å². The fourth-order valence-corrected chi connectivity index (χ4v) is 1.24. The molecular formula is C11H9N5O. The maximum atomic E-state index is 11.8. The van der Waals surface area contributed by atoms with Gasteiger partial charge in [-0.25, -0.2) is 4.98 Å². The molecule has 6 nitrogen and oxygen atoms in total. The lowest BCUT2D eigenvalue weighted by Crippen LogP contribution is -2.14. The molecule has 0 spiro atoms. The zero-order chi connectivity index (χ0) is 12.3. The molecule has 84 valence electrons. The van der Waals surface area contributed by atoms with Crippen LogP contribution >= 0.6 is 0 Å². The molecule has 2 rings (SSSR count). The summed E-state index contributed by atoms with van der Waals surface area (Å²) in [6.45, 7) is 1.82. The van der Waals surface area contributed by atoms with Gasteiger partial charge in [-0.05, 0) is 19.1 Å². The number of aromatic amines is 1. The molecule has 1 amide bonds. The summed E-state index contributed by atoms with van der Waals surface area (Å²) in [7, 11) is 0. The van der Waals surface area contributed by atoms with Crippen molar-refractivity contribution in [3.05, 3.63) is 41.3 Å². The smallest absolute Gasteiger partial charge is 0.275 e. The lowest BCUT2D eigenvalue weighted by atomic mass is 10.2. The van der Waals surface area contributed by atoms with Crippen LogP contribution in [0.5, 0.6) is 0 Å². The van der Waals surface area contributed by atoms with Gasteiger partial charge < -0.3 is 5.32 Å². The van der Waals surface area contributed by atoms with E-state index in [1.807, 2.05) is 13.0 Å².